The predicted octanol–water partition coefficient (Wildman–Crippen LogP) is 6.02. The van der Waals surface area contributed by atoms with E-state index >= 15 is 0 Å². The van der Waals surface area contributed by atoms with Gasteiger partial charge in [-0.15, -0.1) is 0 Å². The molecule has 0 aliphatic rings. The molecule has 0 unspecified atom stereocenters. The summed E-state index contributed by atoms with van der Waals surface area (Å²) in [7, 11) is 1.66. The third-order valence-electron chi connectivity index (χ3n) is 5.98. The van der Waals surface area contributed by atoms with Gasteiger partial charge in [-0.2, -0.15) is 0 Å². The number of ether oxygens (including phenoxy) is 1. The molecule has 34 heavy (non-hydrogen) atoms. The first kappa shape index (κ1) is 24.0. The van der Waals surface area contributed by atoms with Crippen molar-refractivity contribution in [2.45, 2.75) is 33.1 Å². The third kappa shape index (κ3) is 5.49. The number of methoxy groups -OCH3 is 1. The Labute approximate surface area is 205 Å². The van der Waals surface area contributed by atoms with Gasteiger partial charge in [0.05, 0.1) is 11.4 Å². The Kier molecular flexibility index (Phi) is 7.66. The van der Waals surface area contributed by atoms with Crippen LogP contribution in [-0.2, 0) is 16.0 Å². The summed E-state index contributed by atoms with van der Waals surface area (Å²) in [6, 6.07) is 18.3. The van der Waals surface area contributed by atoms with Crippen LogP contribution in [0.4, 0.5) is 0 Å². The number of nitrogens with one attached hydrogen (secondary N) is 1. The molecular formula is C28H30ClN3O2. The maximum absolute atomic E-state index is 12.5. The van der Waals surface area contributed by atoms with Crippen molar-refractivity contribution >= 4 is 23.2 Å². The molecular weight excluding hydrogens is 446 g/mol. The Balaban J connectivity index is 1.71. The Morgan fingerprint density at radius 2 is 1.82 bits per heavy atom. The Hall–Kier alpha value is -3.15. The van der Waals surface area contributed by atoms with Crippen LogP contribution in [0.2, 0.25) is 5.02 Å². The van der Waals surface area contributed by atoms with Crippen LogP contribution in [0.15, 0.2) is 60.8 Å². The van der Waals surface area contributed by atoms with Crippen molar-refractivity contribution in [3.63, 3.8) is 0 Å². The molecule has 176 valence electrons. The highest BCUT2D eigenvalue weighted by atomic mass is 35.5. The third-order valence-corrected chi connectivity index (χ3v) is 6.23. The number of imidazole rings is 1. The van der Waals surface area contributed by atoms with Crippen LogP contribution < -0.4 is 5.32 Å². The molecule has 1 amide bonds. The minimum absolute atomic E-state index is 0.0267. The van der Waals surface area contributed by atoms with Crippen molar-refractivity contribution in [3.8, 4) is 22.4 Å². The van der Waals surface area contributed by atoms with E-state index < -0.39 is 0 Å². The summed E-state index contributed by atoms with van der Waals surface area (Å²) in [5, 5.41) is 3.66. The molecule has 0 bridgehead atoms. The van der Waals surface area contributed by atoms with Crippen molar-refractivity contribution in [2.24, 2.45) is 0 Å². The topological polar surface area (TPSA) is 55.6 Å². The molecule has 0 radical (unpaired) electrons. The highest BCUT2D eigenvalue weighted by Crippen LogP contribution is 2.30. The summed E-state index contributed by atoms with van der Waals surface area (Å²) in [5.41, 5.74) is 8.49. The molecule has 2 aromatic carbocycles. The zero-order valence-corrected chi connectivity index (χ0v) is 20.7. The van der Waals surface area contributed by atoms with E-state index in [1.807, 2.05) is 30.3 Å². The van der Waals surface area contributed by atoms with Crippen molar-refractivity contribution in [2.75, 3.05) is 20.3 Å². The number of nitrogens with zero attached hydrogens (tertiary/aromatic N) is 2. The van der Waals surface area contributed by atoms with Crippen LogP contribution in [0, 0.1) is 13.8 Å². The SMILES string of the molecule is COCCCNC(=O)CCc1c(-c2ccc(Cl)cc2)nc2ccc(-c3cc(C)ccc3C)cn12. The molecule has 2 heterocycles. The number of carbonyl (C=O) groups is 1. The Morgan fingerprint density at radius 3 is 2.59 bits per heavy atom. The van der Waals surface area contributed by atoms with Gasteiger partial charge in [0.1, 0.15) is 5.65 Å². The van der Waals surface area contributed by atoms with Gasteiger partial charge in [-0.25, -0.2) is 4.98 Å². The predicted molar refractivity (Wildman–Crippen MR) is 138 cm³/mol. The maximum Gasteiger partial charge on any atom is 0.220 e. The average molecular weight is 476 g/mol. The van der Waals surface area contributed by atoms with E-state index in [1.54, 1.807) is 7.11 Å². The molecule has 2 aromatic heterocycles. The Morgan fingerprint density at radius 1 is 1.06 bits per heavy atom. The maximum atomic E-state index is 12.5. The first-order valence-corrected chi connectivity index (χ1v) is 11.9. The van der Waals surface area contributed by atoms with Crippen LogP contribution in [0.5, 0.6) is 0 Å². The van der Waals surface area contributed by atoms with E-state index in [0.717, 1.165) is 34.6 Å². The fourth-order valence-corrected chi connectivity index (χ4v) is 4.27. The summed E-state index contributed by atoms with van der Waals surface area (Å²) in [4.78, 5) is 17.4. The number of aryl methyl sites for hydroxylation is 3. The van der Waals surface area contributed by atoms with Gasteiger partial charge in [-0.05, 0) is 67.6 Å². The largest absolute Gasteiger partial charge is 0.385 e. The number of benzene rings is 2. The molecule has 6 heteroatoms. The van der Waals surface area contributed by atoms with Crippen molar-refractivity contribution in [3.05, 3.63) is 82.6 Å². The van der Waals surface area contributed by atoms with Gasteiger partial charge >= 0.3 is 0 Å². The van der Waals surface area contributed by atoms with E-state index in [-0.39, 0.29) is 5.91 Å². The van der Waals surface area contributed by atoms with E-state index in [2.05, 4.69) is 54.0 Å². The summed E-state index contributed by atoms with van der Waals surface area (Å²) in [5.74, 6) is 0.0267. The van der Waals surface area contributed by atoms with Crippen LogP contribution in [-0.4, -0.2) is 35.6 Å². The number of carbonyl (C=O) groups excluding carboxylic acids is 1. The van der Waals surface area contributed by atoms with Gasteiger partial charge in [0, 0.05) is 43.5 Å². The fraction of sp³-hybridized carbons (Fsp3) is 0.286. The van der Waals surface area contributed by atoms with Crippen LogP contribution >= 0.6 is 11.6 Å². The zero-order valence-electron chi connectivity index (χ0n) is 19.9. The lowest BCUT2D eigenvalue weighted by molar-refractivity contribution is -0.121. The molecule has 0 atom stereocenters. The van der Waals surface area contributed by atoms with Crippen molar-refractivity contribution in [1.82, 2.24) is 14.7 Å². The van der Waals surface area contributed by atoms with E-state index in [0.29, 0.717) is 31.0 Å². The molecule has 0 aliphatic carbocycles. The minimum Gasteiger partial charge on any atom is -0.385 e. The fourth-order valence-electron chi connectivity index (χ4n) is 4.14. The second-order valence-corrected chi connectivity index (χ2v) is 9.01. The zero-order chi connectivity index (χ0) is 24.1. The lowest BCUT2D eigenvalue weighted by Gasteiger charge is -2.10. The van der Waals surface area contributed by atoms with Gasteiger partial charge in [-0.3, -0.25) is 4.79 Å². The molecule has 0 saturated heterocycles. The van der Waals surface area contributed by atoms with Crippen LogP contribution in [0.3, 0.4) is 0 Å². The summed E-state index contributed by atoms with van der Waals surface area (Å²) in [6.07, 6.45) is 3.89. The molecule has 1 N–H and O–H groups in total. The number of rotatable bonds is 9. The number of pyridine rings is 1. The standard InChI is InChI=1S/C28H30ClN3O2/c1-19-5-6-20(2)24(17-19)22-9-13-26-31-28(21-7-10-23(29)11-8-21)25(32(26)18-22)12-14-27(33)30-15-4-16-34-3/h5-11,13,17-18H,4,12,14-16H2,1-3H3,(H,30,33). The molecule has 5 nitrogen and oxygen atoms in total. The molecule has 0 fully saturated rings. The monoisotopic (exact) mass is 475 g/mol. The molecule has 0 spiro atoms. The van der Waals surface area contributed by atoms with Gasteiger partial charge in [-0.1, -0.05) is 47.5 Å². The first-order chi connectivity index (χ1) is 16.5. The summed E-state index contributed by atoms with van der Waals surface area (Å²) >= 11 is 6.12. The second kappa shape index (κ2) is 10.9. The highest BCUT2D eigenvalue weighted by molar-refractivity contribution is 6.30. The summed E-state index contributed by atoms with van der Waals surface area (Å²) < 4.78 is 7.18. The number of hydrogen-bond acceptors (Lipinski definition) is 3. The lowest BCUT2D eigenvalue weighted by atomic mass is 10.00. The summed E-state index contributed by atoms with van der Waals surface area (Å²) in [6.45, 7) is 5.48. The average Bonchev–Trinajstić information content (AvgIpc) is 3.20. The molecule has 0 saturated carbocycles. The number of aromatic nitrogens is 2. The number of amides is 1. The van der Waals surface area contributed by atoms with Crippen LogP contribution in [0.1, 0.15) is 29.7 Å². The first-order valence-electron chi connectivity index (χ1n) is 11.6. The quantitative estimate of drug-likeness (QED) is 0.301. The van der Waals surface area contributed by atoms with E-state index in [1.165, 1.54) is 16.7 Å². The lowest BCUT2D eigenvalue weighted by Crippen LogP contribution is -2.25. The van der Waals surface area contributed by atoms with E-state index in [9.17, 15) is 4.79 Å². The van der Waals surface area contributed by atoms with Crippen molar-refractivity contribution < 1.29 is 9.53 Å². The molecule has 0 aliphatic heterocycles. The number of fused-ring (bicyclic) bond motifs is 1. The van der Waals surface area contributed by atoms with E-state index in [4.69, 9.17) is 21.3 Å². The van der Waals surface area contributed by atoms with Gasteiger partial charge < -0.3 is 14.5 Å². The second-order valence-electron chi connectivity index (χ2n) is 8.57. The highest BCUT2D eigenvalue weighted by Gasteiger charge is 2.16. The Bertz CT molecular complexity index is 1300. The molecule has 4 rings (SSSR count). The normalized spacial score (nSPS) is 11.2. The van der Waals surface area contributed by atoms with Gasteiger partial charge in [0.25, 0.3) is 0 Å². The number of halogens is 1. The smallest absolute Gasteiger partial charge is 0.220 e. The number of hydrogen-bond donors (Lipinski definition) is 1. The van der Waals surface area contributed by atoms with Gasteiger partial charge in [0.15, 0.2) is 0 Å². The van der Waals surface area contributed by atoms with Crippen LogP contribution in [0.25, 0.3) is 28.0 Å². The van der Waals surface area contributed by atoms with Gasteiger partial charge in [0.2, 0.25) is 5.91 Å². The minimum atomic E-state index is 0.0267. The molecule has 4 aromatic rings. The van der Waals surface area contributed by atoms with Crippen molar-refractivity contribution in [1.29, 1.82) is 0 Å².